The van der Waals surface area contributed by atoms with Crippen molar-refractivity contribution in [2.24, 2.45) is 0 Å². The zero-order chi connectivity index (χ0) is 13.7. The molecule has 19 heavy (non-hydrogen) atoms. The van der Waals surface area contributed by atoms with Crippen molar-refractivity contribution in [1.29, 1.82) is 0 Å². The van der Waals surface area contributed by atoms with E-state index in [0.717, 1.165) is 51.8 Å². The molecule has 0 radical (unpaired) electrons. The standard InChI is InChI=1S/C14H26N2O3/c1-14(18)5-3-7-16(8-6-14)11-13(17)15-10-12-4-2-9-19-12/h12,18H,2-11H2,1H3,(H,15,17). The Morgan fingerprint density at radius 2 is 2.26 bits per heavy atom. The monoisotopic (exact) mass is 270 g/mol. The van der Waals surface area contributed by atoms with Crippen molar-refractivity contribution in [2.45, 2.75) is 50.7 Å². The Morgan fingerprint density at radius 3 is 3.00 bits per heavy atom. The van der Waals surface area contributed by atoms with E-state index >= 15 is 0 Å². The second kappa shape index (κ2) is 6.68. The topological polar surface area (TPSA) is 61.8 Å². The summed E-state index contributed by atoms with van der Waals surface area (Å²) in [5, 5.41) is 13.0. The maximum atomic E-state index is 11.9. The fourth-order valence-corrected chi connectivity index (χ4v) is 2.77. The fraction of sp³-hybridized carbons (Fsp3) is 0.929. The van der Waals surface area contributed by atoms with E-state index in [0.29, 0.717) is 13.1 Å². The van der Waals surface area contributed by atoms with Crippen LogP contribution in [0.25, 0.3) is 0 Å². The molecule has 0 spiro atoms. The van der Waals surface area contributed by atoms with E-state index in [1.165, 1.54) is 0 Å². The maximum Gasteiger partial charge on any atom is 0.234 e. The van der Waals surface area contributed by atoms with Gasteiger partial charge in [0, 0.05) is 19.7 Å². The van der Waals surface area contributed by atoms with Gasteiger partial charge in [0.25, 0.3) is 0 Å². The highest BCUT2D eigenvalue weighted by molar-refractivity contribution is 5.78. The van der Waals surface area contributed by atoms with E-state index in [1.54, 1.807) is 0 Å². The van der Waals surface area contributed by atoms with Crippen LogP contribution in [0.3, 0.4) is 0 Å². The second-order valence-electron chi connectivity index (χ2n) is 6.07. The summed E-state index contributed by atoms with van der Waals surface area (Å²) in [6, 6.07) is 0. The normalized spacial score (nSPS) is 33.1. The summed E-state index contributed by atoms with van der Waals surface area (Å²) in [4.78, 5) is 14.0. The van der Waals surface area contributed by atoms with Gasteiger partial charge in [-0.05, 0) is 45.6 Å². The van der Waals surface area contributed by atoms with Gasteiger partial charge in [-0.1, -0.05) is 0 Å². The Bertz CT molecular complexity index is 301. The highest BCUT2D eigenvalue weighted by Gasteiger charge is 2.25. The zero-order valence-electron chi connectivity index (χ0n) is 11.9. The van der Waals surface area contributed by atoms with Crippen molar-refractivity contribution in [2.75, 3.05) is 32.8 Å². The quantitative estimate of drug-likeness (QED) is 0.782. The fourth-order valence-electron chi connectivity index (χ4n) is 2.77. The number of nitrogens with one attached hydrogen (secondary N) is 1. The molecule has 0 aromatic rings. The first kappa shape index (κ1) is 14.8. The van der Waals surface area contributed by atoms with Crippen molar-refractivity contribution < 1.29 is 14.6 Å². The molecule has 2 heterocycles. The number of ether oxygens (including phenoxy) is 1. The number of nitrogens with zero attached hydrogens (tertiary/aromatic N) is 1. The number of carbonyl (C=O) groups is 1. The summed E-state index contributed by atoms with van der Waals surface area (Å²) >= 11 is 0. The number of rotatable bonds is 4. The van der Waals surface area contributed by atoms with E-state index in [4.69, 9.17) is 4.74 Å². The lowest BCUT2D eigenvalue weighted by atomic mass is 9.98. The highest BCUT2D eigenvalue weighted by atomic mass is 16.5. The van der Waals surface area contributed by atoms with Crippen LogP contribution < -0.4 is 5.32 Å². The molecular formula is C14H26N2O3. The van der Waals surface area contributed by atoms with E-state index in [2.05, 4.69) is 10.2 Å². The molecule has 0 aromatic heterocycles. The first-order valence-corrected chi connectivity index (χ1v) is 7.38. The third kappa shape index (κ3) is 5.09. The largest absolute Gasteiger partial charge is 0.390 e. The Kier molecular flexibility index (Phi) is 5.19. The molecule has 1 amide bonds. The van der Waals surface area contributed by atoms with Crippen LogP contribution in [0.5, 0.6) is 0 Å². The molecule has 2 atom stereocenters. The zero-order valence-corrected chi connectivity index (χ0v) is 11.9. The van der Waals surface area contributed by atoms with E-state index in [1.807, 2.05) is 6.92 Å². The molecule has 2 aliphatic heterocycles. The minimum absolute atomic E-state index is 0.0667. The van der Waals surface area contributed by atoms with Crippen molar-refractivity contribution in [1.82, 2.24) is 10.2 Å². The molecule has 0 aliphatic carbocycles. The molecule has 110 valence electrons. The lowest BCUT2D eigenvalue weighted by Crippen LogP contribution is -2.40. The third-order valence-corrected chi connectivity index (χ3v) is 4.07. The molecule has 5 heteroatoms. The molecule has 0 saturated carbocycles. The Balaban J connectivity index is 1.66. The molecule has 5 nitrogen and oxygen atoms in total. The minimum Gasteiger partial charge on any atom is -0.390 e. The molecule has 2 rings (SSSR count). The van der Waals surface area contributed by atoms with Gasteiger partial charge < -0.3 is 15.2 Å². The summed E-state index contributed by atoms with van der Waals surface area (Å²) < 4.78 is 5.48. The number of amides is 1. The first-order valence-electron chi connectivity index (χ1n) is 7.38. The van der Waals surface area contributed by atoms with Crippen LogP contribution in [-0.4, -0.2) is 60.4 Å². The van der Waals surface area contributed by atoms with Gasteiger partial charge in [0.1, 0.15) is 0 Å². The lowest BCUT2D eigenvalue weighted by Gasteiger charge is -2.22. The van der Waals surface area contributed by atoms with Crippen LogP contribution in [-0.2, 0) is 9.53 Å². The van der Waals surface area contributed by atoms with Gasteiger partial charge in [-0.3, -0.25) is 9.69 Å². The number of hydrogen-bond donors (Lipinski definition) is 2. The summed E-state index contributed by atoms with van der Waals surface area (Å²) in [7, 11) is 0. The minimum atomic E-state index is -0.567. The molecular weight excluding hydrogens is 244 g/mol. The van der Waals surface area contributed by atoms with Crippen LogP contribution in [0.15, 0.2) is 0 Å². The molecule has 0 aromatic carbocycles. The van der Waals surface area contributed by atoms with Crippen LogP contribution in [0.4, 0.5) is 0 Å². The third-order valence-electron chi connectivity index (χ3n) is 4.07. The molecule has 2 fully saturated rings. The summed E-state index contributed by atoms with van der Waals surface area (Å²) in [5.41, 5.74) is -0.567. The molecule has 2 unspecified atom stereocenters. The maximum absolute atomic E-state index is 11.9. The number of hydrogen-bond acceptors (Lipinski definition) is 4. The van der Waals surface area contributed by atoms with Gasteiger partial charge in [-0.15, -0.1) is 0 Å². The van der Waals surface area contributed by atoms with Crippen molar-refractivity contribution in [3.05, 3.63) is 0 Å². The predicted molar refractivity (Wildman–Crippen MR) is 72.9 cm³/mol. The highest BCUT2D eigenvalue weighted by Crippen LogP contribution is 2.21. The van der Waals surface area contributed by atoms with Crippen LogP contribution in [0, 0.1) is 0 Å². The summed E-state index contributed by atoms with van der Waals surface area (Å²) in [6.07, 6.45) is 4.86. The average molecular weight is 270 g/mol. The SMILES string of the molecule is CC1(O)CCCN(CC(=O)NCC2CCCO2)CC1. The average Bonchev–Trinajstić information content (AvgIpc) is 2.80. The molecule has 2 N–H and O–H groups in total. The predicted octanol–water partition coefficient (Wildman–Crippen LogP) is 0.518. The van der Waals surface area contributed by atoms with Crippen LogP contribution in [0.2, 0.25) is 0 Å². The van der Waals surface area contributed by atoms with E-state index in [9.17, 15) is 9.90 Å². The van der Waals surface area contributed by atoms with E-state index < -0.39 is 5.60 Å². The lowest BCUT2D eigenvalue weighted by molar-refractivity contribution is -0.122. The number of carbonyl (C=O) groups excluding carboxylic acids is 1. The Labute approximate surface area is 115 Å². The van der Waals surface area contributed by atoms with E-state index in [-0.39, 0.29) is 12.0 Å². The number of likely N-dealkylation sites (tertiary alicyclic amines) is 1. The van der Waals surface area contributed by atoms with Crippen molar-refractivity contribution in [3.63, 3.8) is 0 Å². The van der Waals surface area contributed by atoms with Gasteiger partial charge in [0.05, 0.1) is 18.2 Å². The second-order valence-corrected chi connectivity index (χ2v) is 6.07. The van der Waals surface area contributed by atoms with Gasteiger partial charge in [0.2, 0.25) is 5.91 Å². The molecule has 0 bridgehead atoms. The Hall–Kier alpha value is -0.650. The summed E-state index contributed by atoms with van der Waals surface area (Å²) in [5.74, 6) is 0.0667. The first-order chi connectivity index (χ1) is 9.05. The summed E-state index contributed by atoms with van der Waals surface area (Å²) in [6.45, 7) is 5.45. The van der Waals surface area contributed by atoms with Gasteiger partial charge >= 0.3 is 0 Å². The Morgan fingerprint density at radius 1 is 1.42 bits per heavy atom. The van der Waals surface area contributed by atoms with Gasteiger partial charge in [-0.25, -0.2) is 0 Å². The molecule has 2 saturated heterocycles. The van der Waals surface area contributed by atoms with Crippen LogP contribution >= 0.6 is 0 Å². The van der Waals surface area contributed by atoms with Crippen LogP contribution in [0.1, 0.15) is 39.0 Å². The van der Waals surface area contributed by atoms with Gasteiger partial charge in [-0.2, -0.15) is 0 Å². The molecule has 2 aliphatic rings. The van der Waals surface area contributed by atoms with Gasteiger partial charge in [0.15, 0.2) is 0 Å². The van der Waals surface area contributed by atoms with Crippen molar-refractivity contribution >= 4 is 5.91 Å². The number of aliphatic hydroxyl groups is 1. The van der Waals surface area contributed by atoms with Crippen molar-refractivity contribution in [3.8, 4) is 0 Å². The smallest absolute Gasteiger partial charge is 0.234 e.